The van der Waals surface area contributed by atoms with Crippen molar-refractivity contribution in [1.82, 2.24) is 4.31 Å². The summed E-state index contributed by atoms with van der Waals surface area (Å²) in [5.74, 6) is -0.485. The third-order valence-corrected chi connectivity index (χ3v) is 7.21. The van der Waals surface area contributed by atoms with Crippen molar-refractivity contribution in [3.63, 3.8) is 0 Å². The molecule has 0 spiro atoms. The van der Waals surface area contributed by atoms with Gasteiger partial charge in [0.15, 0.2) is 0 Å². The van der Waals surface area contributed by atoms with E-state index in [4.69, 9.17) is 23.2 Å². The van der Waals surface area contributed by atoms with Crippen LogP contribution in [0.15, 0.2) is 71.6 Å². The van der Waals surface area contributed by atoms with Gasteiger partial charge in [-0.1, -0.05) is 70.7 Å². The van der Waals surface area contributed by atoms with E-state index in [1.165, 1.54) is 6.07 Å². The number of anilines is 1. The molecule has 1 N–H and O–H groups in total. The van der Waals surface area contributed by atoms with Crippen molar-refractivity contribution in [3.05, 3.63) is 93.5 Å². The number of carbonyl (C=O) groups excluding carboxylic acids is 1. The summed E-state index contributed by atoms with van der Waals surface area (Å²) in [5, 5.41) is 3.34. The second-order valence-corrected chi connectivity index (χ2v) is 10.0. The average Bonchev–Trinajstić information content (AvgIpc) is 2.72. The predicted octanol–water partition coefficient (Wildman–Crippen LogP) is 5.44. The van der Waals surface area contributed by atoms with Gasteiger partial charge in [-0.25, -0.2) is 8.42 Å². The lowest BCUT2D eigenvalue weighted by atomic mass is 10.1. The summed E-state index contributed by atoms with van der Waals surface area (Å²) in [6, 6.07) is 18.7. The molecule has 31 heavy (non-hydrogen) atoms. The van der Waals surface area contributed by atoms with E-state index in [-0.39, 0.29) is 18.0 Å². The van der Waals surface area contributed by atoms with E-state index >= 15 is 0 Å². The molecule has 0 saturated carbocycles. The summed E-state index contributed by atoms with van der Waals surface area (Å²) in [6.07, 6.45) is 0. The lowest BCUT2D eigenvalue weighted by Crippen LogP contribution is -2.37. The van der Waals surface area contributed by atoms with Crippen LogP contribution in [0.1, 0.15) is 16.7 Å². The number of amides is 1. The van der Waals surface area contributed by atoms with Crippen molar-refractivity contribution in [3.8, 4) is 0 Å². The predicted molar refractivity (Wildman–Crippen MR) is 125 cm³/mol. The summed E-state index contributed by atoms with van der Waals surface area (Å²) in [7, 11) is -3.90. The fourth-order valence-corrected chi connectivity index (χ4v) is 4.60. The fourth-order valence-electron chi connectivity index (χ4n) is 2.92. The van der Waals surface area contributed by atoms with Crippen LogP contribution in [0.2, 0.25) is 10.0 Å². The van der Waals surface area contributed by atoms with Gasteiger partial charge in [0.25, 0.3) is 0 Å². The second-order valence-electron chi connectivity index (χ2n) is 7.25. The van der Waals surface area contributed by atoms with Gasteiger partial charge in [-0.05, 0) is 49.7 Å². The molecule has 0 aliphatic rings. The maximum Gasteiger partial charge on any atom is 0.243 e. The number of aryl methyl sites for hydroxylation is 2. The first-order valence-corrected chi connectivity index (χ1v) is 11.7. The van der Waals surface area contributed by atoms with Crippen LogP contribution in [-0.4, -0.2) is 25.2 Å². The SMILES string of the molecule is Cc1ccc(CN(CC(=O)Nc2ccc(Cl)c(Cl)c2)S(=O)(=O)c2ccc(C)cc2)cc1. The van der Waals surface area contributed by atoms with E-state index in [0.29, 0.717) is 15.7 Å². The molecular formula is C23H22Cl2N2O3S. The molecule has 3 aromatic rings. The van der Waals surface area contributed by atoms with Crippen LogP contribution in [0.4, 0.5) is 5.69 Å². The van der Waals surface area contributed by atoms with Crippen molar-refractivity contribution >= 4 is 44.8 Å². The highest BCUT2D eigenvalue weighted by Gasteiger charge is 2.27. The van der Waals surface area contributed by atoms with E-state index in [0.717, 1.165) is 21.0 Å². The minimum Gasteiger partial charge on any atom is -0.325 e. The minimum absolute atomic E-state index is 0.0608. The van der Waals surface area contributed by atoms with Crippen molar-refractivity contribution in [2.24, 2.45) is 0 Å². The Kier molecular flexibility index (Phi) is 7.38. The van der Waals surface area contributed by atoms with Crippen molar-refractivity contribution < 1.29 is 13.2 Å². The number of hydrogen-bond donors (Lipinski definition) is 1. The lowest BCUT2D eigenvalue weighted by molar-refractivity contribution is -0.116. The number of nitrogens with one attached hydrogen (secondary N) is 1. The summed E-state index contributed by atoms with van der Waals surface area (Å²) < 4.78 is 27.8. The quantitative estimate of drug-likeness (QED) is 0.493. The molecule has 8 heteroatoms. The molecule has 5 nitrogen and oxygen atoms in total. The van der Waals surface area contributed by atoms with Gasteiger partial charge >= 0.3 is 0 Å². The summed E-state index contributed by atoms with van der Waals surface area (Å²) >= 11 is 11.9. The second kappa shape index (κ2) is 9.83. The third-order valence-electron chi connectivity index (χ3n) is 4.66. The molecule has 0 radical (unpaired) electrons. The van der Waals surface area contributed by atoms with Crippen LogP contribution in [-0.2, 0) is 21.4 Å². The average molecular weight is 477 g/mol. The maximum atomic E-state index is 13.3. The van der Waals surface area contributed by atoms with Gasteiger partial charge in [-0.2, -0.15) is 4.31 Å². The molecule has 162 valence electrons. The number of rotatable bonds is 7. The Morgan fingerprint density at radius 1 is 0.871 bits per heavy atom. The first-order valence-electron chi connectivity index (χ1n) is 9.52. The molecule has 0 atom stereocenters. The van der Waals surface area contributed by atoms with E-state index in [1.807, 2.05) is 38.1 Å². The third kappa shape index (κ3) is 6.08. The lowest BCUT2D eigenvalue weighted by Gasteiger charge is -2.22. The van der Waals surface area contributed by atoms with Crippen molar-refractivity contribution in [1.29, 1.82) is 0 Å². The molecule has 0 unspecified atom stereocenters. The Morgan fingerprint density at radius 3 is 2.03 bits per heavy atom. The van der Waals surface area contributed by atoms with E-state index < -0.39 is 15.9 Å². The Labute approximate surface area is 192 Å². The molecule has 0 aromatic heterocycles. The summed E-state index contributed by atoms with van der Waals surface area (Å²) in [5.41, 5.74) is 3.22. The molecule has 3 aromatic carbocycles. The number of benzene rings is 3. The number of nitrogens with zero attached hydrogens (tertiary/aromatic N) is 1. The van der Waals surface area contributed by atoms with E-state index in [2.05, 4.69) is 5.32 Å². The van der Waals surface area contributed by atoms with Gasteiger partial charge in [-0.15, -0.1) is 0 Å². The van der Waals surface area contributed by atoms with Gasteiger partial charge in [0.1, 0.15) is 0 Å². The normalized spacial score (nSPS) is 11.5. The minimum atomic E-state index is -3.90. The first-order chi connectivity index (χ1) is 14.6. The molecule has 0 bridgehead atoms. The molecular weight excluding hydrogens is 455 g/mol. The maximum absolute atomic E-state index is 13.3. The zero-order valence-electron chi connectivity index (χ0n) is 17.1. The standard InChI is InChI=1S/C23H22Cl2N2O3S/c1-16-3-7-18(8-4-16)14-27(31(29,30)20-10-5-17(2)6-11-20)15-23(28)26-19-9-12-21(24)22(25)13-19/h3-13H,14-15H2,1-2H3,(H,26,28). The number of hydrogen-bond acceptors (Lipinski definition) is 3. The topological polar surface area (TPSA) is 66.5 Å². The monoisotopic (exact) mass is 476 g/mol. The first kappa shape index (κ1) is 23.3. The molecule has 0 aliphatic heterocycles. The van der Waals surface area contributed by atoms with Crippen LogP contribution < -0.4 is 5.32 Å². The van der Waals surface area contributed by atoms with Gasteiger partial charge in [0, 0.05) is 12.2 Å². The van der Waals surface area contributed by atoms with Gasteiger partial charge in [0.2, 0.25) is 15.9 Å². The number of sulfonamides is 1. The Bertz CT molecular complexity index is 1180. The van der Waals surface area contributed by atoms with Crippen LogP contribution in [0.25, 0.3) is 0 Å². The largest absolute Gasteiger partial charge is 0.325 e. The van der Waals surface area contributed by atoms with E-state index in [9.17, 15) is 13.2 Å². The van der Waals surface area contributed by atoms with Gasteiger partial charge in [-0.3, -0.25) is 4.79 Å². The van der Waals surface area contributed by atoms with Crippen molar-refractivity contribution in [2.75, 3.05) is 11.9 Å². The van der Waals surface area contributed by atoms with Crippen LogP contribution in [0, 0.1) is 13.8 Å². The molecule has 0 aliphatic carbocycles. The Morgan fingerprint density at radius 2 is 1.45 bits per heavy atom. The molecule has 0 fully saturated rings. The zero-order valence-corrected chi connectivity index (χ0v) is 19.4. The zero-order chi connectivity index (χ0) is 22.6. The number of carbonyl (C=O) groups is 1. The molecule has 1 amide bonds. The number of halogens is 2. The van der Waals surface area contributed by atoms with Gasteiger partial charge < -0.3 is 5.32 Å². The molecule has 0 heterocycles. The van der Waals surface area contributed by atoms with Crippen molar-refractivity contribution in [2.45, 2.75) is 25.3 Å². The smallest absolute Gasteiger partial charge is 0.243 e. The Balaban J connectivity index is 1.87. The Hall–Kier alpha value is -2.38. The van der Waals surface area contributed by atoms with Gasteiger partial charge in [0.05, 0.1) is 21.5 Å². The van der Waals surface area contributed by atoms with Crippen LogP contribution >= 0.6 is 23.2 Å². The molecule has 0 saturated heterocycles. The summed E-state index contributed by atoms with van der Waals surface area (Å²) in [6.45, 7) is 3.54. The highest BCUT2D eigenvalue weighted by Crippen LogP contribution is 2.25. The fraction of sp³-hybridized carbons (Fsp3) is 0.174. The molecule has 3 rings (SSSR count). The highest BCUT2D eigenvalue weighted by molar-refractivity contribution is 7.89. The van der Waals surface area contributed by atoms with Crippen LogP contribution in [0.5, 0.6) is 0 Å². The summed E-state index contributed by atoms with van der Waals surface area (Å²) in [4.78, 5) is 12.8. The van der Waals surface area contributed by atoms with Crippen LogP contribution in [0.3, 0.4) is 0 Å². The van der Waals surface area contributed by atoms with E-state index in [1.54, 1.807) is 36.4 Å². The highest BCUT2D eigenvalue weighted by atomic mass is 35.5.